The van der Waals surface area contributed by atoms with Crippen LogP contribution in [0, 0.1) is 11.8 Å². The zero-order valence-electron chi connectivity index (χ0n) is 12.1. The second-order valence-electron chi connectivity index (χ2n) is 5.94. The highest BCUT2D eigenvalue weighted by Gasteiger charge is 2.39. The third-order valence-corrected chi connectivity index (χ3v) is 4.21. The Morgan fingerprint density at radius 2 is 1.95 bits per heavy atom. The minimum atomic E-state index is -0.773. The third kappa shape index (κ3) is 3.02. The summed E-state index contributed by atoms with van der Waals surface area (Å²) in [5.74, 6) is -0.397. The van der Waals surface area contributed by atoms with E-state index in [1.165, 1.54) is 5.56 Å². The first-order valence-electron chi connectivity index (χ1n) is 7.17. The van der Waals surface area contributed by atoms with Crippen LogP contribution in [0.2, 0.25) is 0 Å². The molecule has 20 heavy (non-hydrogen) atoms. The summed E-state index contributed by atoms with van der Waals surface area (Å²) < 4.78 is 0. The topological polar surface area (TPSA) is 60.8 Å². The number of likely N-dealkylation sites (tertiary alicyclic amines) is 1. The lowest BCUT2D eigenvalue weighted by atomic mass is 9.90. The fourth-order valence-corrected chi connectivity index (χ4v) is 3.26. The van der Waals surface area contributed by atoms with Crippen LogP contribution >= 0.6 is 0 Å². The summed E-state index contributed by atoms with van der Waals surface area (Å²) in [4.78, 5) is 13.5. The van der Waals surface area contributed by atoms with Gasteiger partial charge >= 0.3 is 5.97 Å². The Balaban J connectivity index is 2.19. The molecule has 0 saturated carbocycles. The Morgan fingerprint density at radius 1 is 1.30 bits per heavy atom. The lowest BCUT2D eigenvalue weighted by Crippen LogP contribution is -2.43. The van der Waals surface area contributed by atoms with Crippen molar-refractivity contribution in [3.63, 3.8) is 0 Å². The van der Waals surface area contributed by atoms with E-state index in [1.807, 2.05) is 36.9 Å². The molecule has 0 amide bonds. The number of benzene rings is 1. The van der Waals surface area contributed by atoms with Gasteiger partial charge in [-0.15, -0.1) is 0 Å². The standard InChI is InChI=1S/C16H23NO3/c1-11(2)15(16(19)20)17-8-13(10-18)14(9-17)12-6-4-3-5-7-12/h3-7,11,13-15,18H,8-10H2,1-2H3,(H,19,20)/t13-,14-,15-/m1/s1. The molecule has 0 aliphatic carbocycles. The van der Waals surface area contributed by atoms with Gasteiger partial charge in [0.05, 0.1) is 0 Å². The van der Waals surface area contributed by atoms with E-state index in [2.05, 4.69) is 12.1 Å². The highest BCUT2D eigenvalue weighted by atomic mass is 16.4. The van der Waals surface area contributed by atoms with E-state index >= 15 is 0 Å². The van der Waals surface area contributed by atoms with Crippen LogP contribution in [0.15, 0.2) is 30.3 Å². The number of carboxylic acid groups (broad SMARTS) is 1. The smallest absolute Gasteiger partial charge is 0.321 e. The number of aliphatic hydroxyl groups excluding tert-OH is 1. The van der Waals surface area contributed by atoms with E-state index in [4.69, 9.17) is 0 Å². The van der Waals surface area contributed by atoms with Crippen LogP contribution in [0.25, 0.3) is 0 Å². The van der Waals surface area contributed by atoms with Crippen molar-refractivity contribution in [2.45, 2.75) is 25.8 Å². The molecule has 1 aliphatic heterocycles. The number of nitrogens with zero attached hydrogens (tertiary/aromatic N) is 1. The molecule has 4 nitrogen and oxygen atoms in total. The molecule has 0 aromatic heterocycles. The fourth-order valence-electron chi connectivity index (χ4n) is 3.26. The van der Waals surface area contributed by atoms with Gasteiger partial charge < -0.3 is 10.2 Å². The largest absolute Gasteiger partial charge is 0.480 e. The van der Waals surface area contributed by atoms with Gasteiger partial charge in [-0.25, -0.2) is 0 Å². The molecule has 1 aromatic carbocycles. The van der Waals surface area contributed by atoms with Gasteiger partial charge in [-0.05, 0) is 11.5 Å². The van der Waals surface area contributed by atoms with E-state index in [-0.39, 0.29) is 24.4 Å². The van der Waals surface area contributed by atoms with Crippen molar-refractivity contribution in [3.05, 3.63) is 35.9 Å². The van der Waals surface area contributed by atoms with Gasteiger partial charge in [0.25, 0.3) is 0 Å². The minimum absolute atomic E-state index is 0.0568. The summed E-state index contributed by atoms with van der Waals surface area (Å²) in [5.41, 5.74) is 1.18. The maximum absolute atomic E-state index is 11.5. The molecule has 1 aliphatic rings. The van der Waals surface area contributed by atoms with E-state index < -0.39 is 12.0 Å². The highest BCUT2D eigenvalue weighted by molar-refractivity contribution is 5.73. The van der Waals surface area contributed by atoms with Crippen molar-refractivity contribution in [3.8, 4) is 0 Å². The maximum Gasteiger partial charge on any atom is 0.321 e. The molecule has 0 spiro atoms. The van der Waals surface area contributed by atoms with Gasteiger partial charge in [-0.2, -0.15) is 0 Å². The number of carboxylic acids is 1. The SMILES string of the molecule is CC(C)[C@H](C(=O)O)N1C[C@H](CO)[C@@H](c2ccccc2)C1. The Morgan fingerprint density at radius 3 is 2.45 bits per heavy atom. The monoisotopic (exact) mass is 277 g/mol. The lowest BCUT2D eigenvalue weighted by molar-refractivity contribution is -0.144. The van der Waals surface area contributed by atoms with Gasteiger partial charge in [0, 0.05) is 31.5 Å². The maximum atomic E-state index is 11.5. The molecule has 1 aromatic rings. The molecule has 0 unspecified atom stereocenters. The van der Waals surface area contributed by atoms with Crippen molar-refractivity contribution >= 4 is 5.97 Å². The molecule has 4 heteroatoms. The molecule has 0 radical (unpaired) electrons. The molecule has 2 rings (SSSR count). The summed E-state index contributed by atoms with van der Waals surface area (Å²) in [6.07, 6.45) is 0. The first-order valence-corrected chi connectivity index (χ1v) is 7.17. The molecule has 0 bridgehead atoms. The van der Waals surface area contributed by atoms with Crippen LogP contribution in [0.1, 0.15) is 25.3 Å². The summed E-state index contributed by atoms with van der Waals surface area (Å²) in [6.45, 7) is 5.31. The van der Waals surface area contributed by atoms with Gasteiger partial charge in [-0.1, -0.05) is 44.2 Å². The van der Waals surface area contributed by atoms with Gasteiger partial charge in [0.2, 0.25) is 0 Å². The lowest BCUT2D eigenvalue weighted by Gasteiger charge is -2.27. The van der Waals surface area contributed by atoms with E-state index in [9.17, 15) is 15.0 Å². The Hall–Kier alpha value is -1.39. The molecular weight excluding hydrogens is 254 g/mol. The number of carbonyl (C=O) groups is 1. The number of aliphatic carboxylic acids is 1. The van der Waals surface area contributed by atoms with Crippen molar-refractivity contribution in [2.24, 2.45) is 11.8 Å². The van der Waals surface area contributed by atoms with Crippen LogP contribution in [-0.2, 0) is 4.79 Å². The summed E-state index contributed by atoms with van der Waals surface area (Å²) in [5, 5.41) is 19.0. The molecule has 110 valence electrons. The van der Waals surface area contributed by atoms with E-state index in [0.717, 1.165) is 0 Å². The average Bonchev–Trinajstić information content (AvgIpc) is 2.82. The first-order chi connectivity index (χ1) is 9.54. The van der Waals surface area contributed by atoms with Gasteiger partial charge in [-0.3, -0.25) is 9.69 Å². The number of hydrogen-bond acceptors (Lipinski definition) is 3. The van der Waals surface area contributed by atoms with Gasteiger partial charge in [0.15, 0.2) is 0 Å². The van der Waals surface area contributed by atoms with Crippen molar-refractivity contribution in [1.29, 1.82) is 0 Å². The van der Waals surface area contributed by atoms with Crippen LogP contribution < -0.4 is 0 Å². The first kappa shape index (κ1) is 15.0. The average molecular weight is 277 g/mol. The molecular formula is C16H23NO3. The van der Waals surface area contributed by atoms with E-state index in [0.29, 0.717) is 13.1 Å². The number of rotatable bonds is 5. The Bertz CT molecular complexity index is 446. The van der Waals surface area contributed by atoms with E-state index in [1.54, 1.807) is 0 Å². The number of aliphatic hydroxyl groups is 1. The van der Waals surface area contributed by atoms with Crippen molar-refractivity contribution in [2.75, 3.05) is 19.7 Å². The second-order valence-corrected chi connectivity index (χ2v) is 5.94. The normalized spacial score (nSPS) is 25.0. The van der Waals surface area contributed by atoms with Gasteiger partial charge in [0.1, 0.15) is 6.04 Å². The zero-order valence-corrected chi connectivity index (χ0v) is 12.1. The zero-order chi connectivity index (χ0) is 14.7. The second kappa shape index (κ2) is 6.37. The van der Waals surface area contributed by atoms with Crippen molar-refractivity contribution < 1.29 is 15.0 Å². The predicted molar refractivity (Wildman–Crippen MR) is 77.6 cm³/mol. The molecule has 1 fully saturated rings. The van der Waals surface area contributed by atoms with Crippen LogP contribution in [0.4, 0.5) is 0 Å². The highest BCUT2D eigenvalue weighted by Crippen LogP contribution is 2.34. The predicted octanol–water partition coefficient (Wildman–Crippen LogP) is 1.80. The fraction of sp³-hybridized carbons (Fsp3) is 0.562. The molecule has 3 atom stereocenters. The Labute approximate surface area is 120 Å². The molecule has 2 N–H and O–H groups in total. The third-order valence-electron chi connectivity index (χ3n) is 4.21. The summed E-state index contributed by atoms with van der Waals surface area (Å²) in [6, 6.07) is 9.59. The quantitative estimate of drug-likeness (QED) is 0.861. The van der Waals surface area contributed by atoms with Crippen LogP contribution in [-0.4, -0.2) is 46.8 Å². The Kier molecular flexibility index (Phi) is 4.78. The number of hydrogen-bond donors (Lipinski definition) is 2. The minimum Gasteiger partial charge on any atom is -0.480 e. The van der Waals surface area contributed by atoms with Crippen LogP contribution in [0.5, 0.6) is 0 Å². The molecule has 1 heterocycles. The van der Waals surface area contributed by atoms with Crippen molar-refractivity contribution in [1.82, 2.24) is 4.90 Å². The molecule has 1 saturated heterocycles. The summed E-state index contributed by atoms with van der Waals surface area (Å²) in [7, 11) is 0. The summed E-state index contributed by atoms with van der Waals surface area (Å²) >= 11 is 0. The van der Waals surface area contributed by atoms with Crippen LogP contribution in [0.3, 0.4) is 0 Å².